The largest absolute Gasteiger partial charge is 0.314 e. The van der Waals surface area contributed by atoms with E-state index in [9.17, 15) is 4.39 Å². The van der Waals surface area contributed by atoms with E-state index >= 15 is 0 Å². The molecule has 1 N–H and O–H groups in total. The number of halogens is 1. The van der Waals surface area contributed by atoms with E-state index in [0.29, 0.717) is 5.56 Å². The Morgan fingerprint density at radius 2 is 2.00 bits per heavy atom. The molecule has 1 saturated heterocycles. The number of nitrogens with one attached hydrogen (secondary N) is 1. The van der Waals surface area contributed by atoms with Crippen LogP contribution >= 0.6 is 11.3 Å². The van der Waals surface area contributed by atoms with Crippen molar-refractivity contribution in [3.05, 3.63) is 40.0 Å². The molecule has 2 aromatic rings. The van der Waals surface area contributed by atoms with Crippen molar-refractivity contribution in [2.24, 2.45) is 0 Å². The summed E-state index contributed by atoms with van der Waals surface area (Å²) in [7, 11) is 0. The number of aromatic nitrogens is 1. The van der Waals surface area contributed by atoms with Crippen LogP contribution in [0.15, 0.2) is 24.3 Å². The van der Waals surface area contributed by atoms with Crippen molar-refractivity contribution in [1.29, 1.82) is 0 Å². The topological polar surface area (TPSA) is 28.2 Å². The van der Waals surface area contributed by atoms with Crippen LogP contribution in [-0.4, -0.2) is 36.1 Å². The summed E-state index contributed by atoms with van der Waals surface area (Å²) in [5.41, 5.74) is 1.39. The number of nitrogens with zero attached hydrogens (tertiary/aromatic N) is 2. The SMILES string of the molecule is Cc1sc(C(C)N2CCNCC2)nc1-c1ccccc1F. The number of thiazole rings is 1. The van der Waals surface area contributed by atoms with Gasteiger partial charge < -0.3 is 5.32 Å². The Hall–Kier alpha value is -1.30. The first-order chi connectivity index (χ1) is 10.2. The minimum absolute atomic E-state index is 0.202. The van der Waals surface area contributed by atoms with Gasteiger partial charge in [-0.05, 0) is 26.0 Å². The minimum atomic E-state index is -0.202. The molecule has 2 heterocycles. The highest BCUT2D eigenvalue weighted by molar-refractivity contribution is 7.12. The van der Waals surface area contributed by atoms with Crippen molar-refractivity contribution in [3.8, 4) is 11.3 Å². The van der Waals surface area contributed by atoms with E-state index in [0.717, 1.165) is 41.8 Å². The number of aryl methyl sites for hydroxylation is 1. The van der Waals surface area contributed by atoms with E-state index < -0.39 is 0 Å². The molecule has 112 valence electrons. The van der Waals surface area contributed by atoms with Crippen molar-refractivity contribution in [3.63, 3.8) is 0 Å². The lowest BCUT2D eigenvalue weighted by molar-refractivity contribution is 0.185. The van der Waals surface area contributed by atoms with Crippen molar-refractivity contribution in [2.45, 2.75) is 19.9 Å². The Bertz CT molecular complexity index is 620. The Morgan fingerprint density at radius 1 is 1.29 bits per heavy atom. The van der Waals surface area contributed by atoms with E-state index in [2.05, 4.69) is 17.1 Å². The Balaban J connectivity index is 1.89. The lowest BCUT2D eigenvalue weighted by Gasteiger charge is -2.31. The molecule has 0 radical (unpaired) electrons. The molecule has 1 aromatic heterocycles. The van der Waals surface area contributed by atoms with E-state index in [4.69, 9.17) is 4.98 Å². The maximum absolute atomic E-state index is 14.0. The van der Waals surface area contributed by atoms with Crippen molar-refractivity contribution < 1.29 is 4.39 Å². The molecule has 1 aliphatic rings. The van der Waals surface area contributed by atoms with E-state index in [1.807, 2.05) is 13.0 Å². The van der Waals surface area contributed by atoms with E-state index in [1.165, 1.54) is 6.07 Å². The van der Waals surface area contributed by atoms with Gasteiger partial charge in [0.2, 0.25) is 0 Å². The van der Waals surface area contributed by atoms with Gasteiger partial charge in [-0.15, -0.1) is 11.3 Å². The Labute approximate surface area is 128 Å². The van der Waals surface area contributed by atoms with Gasteiger partial charge in [0.1, 0.15) is 10.8 Å². The smallest absolute Gasteiger partial charge is 0.132 e. The quantitative estimate of drug-likeness (QED) is 0.943. The van der Waals surface area contributed by atoms with Gasteiger partial charge in [0.05, 0.1) is 11.7 Å². The van der Waals surface area contributed by atoms with Gasteiger partial charge in [0, 0.05) is 36.6 Å². The van der Waals surface area contributed by atoms with E-state index in [-0.39, 0.29) is 11.9 Å². The number of benzene rings is 1. The number of hydrogen-bond donors (Lipinski definition) is 1. The first-order valence-electron chi connectivity index (χ1n) is 7.34. The summed E-state index contributed by atoms with van der Waals surface area (Å²) in [6.45, 7) is 8.33. The van der Waals surface area contributed by atoms with E-state index in [1.54, 1.807) is 23.5 Å². The second-order valence-electron chi connectivity index (χ2n) is 5.40. The average molecular weight is 305 g/mol. The van der Waals surface area contributed by atoms with Crippen molar-refractivity contribution >= 4 is 11.3 Å². The normalized spacial score (nSPS) is 17.9. The average Bonchev–Trinajstić information content (AvgIpc) is 2.90. The molecule has 0 amide bonds. The van der Waals surface area contributed by atoms with Gasteiger partial charge in [-0.2, -0.15) is 0 Å². The summed E-state index contributed by atoms with van der Waals surface area (Å²) in [5.74, 6) is -0.202. The highest BCUT2D eigenvalue weighted by Crippen LogP contribution is 2.33. The maximum Gasteiger partial charge on any atom is 0.132 e. The molecule has 1 fully saturated rings. The molecular weight excluding hydrogens is 285 g/mol. The van der Waals surface area contributed by atoms with Crippen LogP contribution < -0.4 is 5.32 Å². The highest BCUT2D eigenvalue weighted by Gasteiger charge is 2.22. The van der Waals surface area contributed by atoms with Crippen molar-refractivity contribution in [1.82, 2.24) is 15.2 Å². The maximum atomic E-state index is 14.0. The zero-order chi connectivity index (χ0) is 14.8. The lowest BCUT2D eigenvalue weighted by atomic mass is 10.1. The Kier molecular flexibility index (Phi) is 4.33. The summed E-state index contributed by atoms with van der Waals surface area (Å²) < 4.78 is 14.0. The monoisotopic (exact) mass is 305 g/mol. The molecule has 0 bridgehead atoms. The van der Waals surface area contributed by atoms with Crippen LogP contribution in [0.3, 0.4) is 0 Å². The van der Waals surface area contributed by atoms with Gasteiger partial charge in [-0.1, -0.05) is 12.1 Å². The molecule has 21 heavy (non-hydrogen) atoms. The van der Waals surface area contributed by atoms with Crippen LogP contribution in [0.4, 0.5) is 4.39 Å². The molecule has 1 unspecified atom stereocenters. The van der Waals surface area contributed by atoms with Crippen LogP contribution in [0.25, 0.3) is 11.3 Å². The van der Waals surface area contributed by atoms with Crippen LogP contribution in [0.5, 0.6) is 0 Å². The summed E-state index contributed by atoms with van der Waals surface area (Å²) in [4.78, 5) is 8.24. The minimum Gasteiger partial charge on any atom is -0.314 e. The predicted octanol–water partition coefficient (Wildman–Crippen LogP) is 3.22. The van der Waals surface area contributed by atoms with Gasteiger partial charge in [0.15, 0.2) is 0 Å². The zero-order valence-corrected chi connectivity index (χ0v) is 13.2. The van der Waals surface area contributed by atoms with Gasteiger partial charge in [0.25, 0.3) is 0 Å². The third-order valence-corrected chi connectivity index (χ3v) is 5.14. The molecule has 0 spiro atoms. The highest BCUT2D eigenvalue weighted by atomic mass is 32.1. The fraction of sp³-hybridized carbons (Fsp3) is 0.438. The number of piperazine rings is 1. The lowest BCUT2D eigenvalue weighted by Crippen LogP contribution is -2.44. The molecule has 1 aliphatic heterocycles. The molecule has 3 nitrogen and oxygen atoms in total. The summed E-state index contributed by atoms with van der Waals surface area (Å²) in [6, 6.07) is 7.15. The third-order valence-electron chi connectivity index (χ3n) is 4.00. The van der Waals surface area contributed by atoms with Crippen LogP contribution in [0.2, 0.25) is 0 Å². The number of rotatable bonds is 3. The van der Waals surface area contributed by atoms with Crippen LogP contribution in [0.1, 0.15) is 22.9 Å². The molecule has 3 rings (SSSR count). The first-order valence-corrected chi connectivity index (χ1v) is 8.15. The van der Waals surface area contributed by atoms with Gasteiger partial charge >= 0.3 is 0 Å². The molecule has 5 heteroatoms. The zero-order valence-electron chi connectivity index (χ0n) is 12.4. The molecule has 1 atom stereocenters. The number of hydrogen-bond acceptors (Lipinski definition) is 4. The summed E-state index contributed by atoms with van der Waals surface area (Å²) in [6.07, 6.45) is 0. The fourth-order valence-corrected chi connectivity index (χ4v) is 3.75. The summed E-state index contributed by atoms with van der Waals surface area (Å²) >= 11 is 1.68. The predicted molar refractivity (Wildman–Crippen MR) is 85.1 cm³/mol. The second kappa shape index (κ2) is 6.22. The molecule has 0 saturated carbocycles. The molecule has 1 aromatic carbocycles. The fourth-order valence-electron chi connectivity index (χ4n) is 2.72. The Morgan fingerprint density at radius 3 is 2.71 bits per heavy atom. The molecular formula is C16H20FN3S. The first kappa shape index (κ1) is 14.6. The standard InChI is InChI=1S/C16H20FN3S/c1-11(20-9-7-18-8-10-20)16-19-15(12(2)21-16)13-5-3-4-6-14(13)17/h3-6,11,18H,7-10H2,1-2H3. The third kappa shape index (κ3) is 3.00. The van der Waals surface area contributed by atoms with Gasteiger partial charge in [-0.3, -0.25) is 4.90 Å². The van der Waals surface area contributed by atoms with Crippen molar-refractivity contribution in [2.75, 3.05) is 26.2 Å². The van der Waals surface area contributed by atoms with Gasteiger partial charge in [-0.25, -0.2) is 9.37 Å². The molecule has 0 aliphatic carbocycles. The second-order valence-corrected chi connectivity index (χ2v) is 6.63. The summed E-state index contributed by atoms with van der Waals surface area (Å²) in [5, 5.41) is 4.44. The van der Waals surface area contributed by atoms with Crippen LogP contribution in [0, 0.1) is 12.7 Å². The van der Waals surface area contributed by atoms with Crippen LogP contribution in [-0.2, 0) is 0 Å².